The van der Waals surface area contributed by atoms with Gasteiger partial charge in [-0.2, -0.15) is 0 Å². The minimum absolute atomic E-state index is 0.0107. The smallest absolute Gasteiger partial charge is 0.260 e. The van der Waals surface area contributed by atoms with E-state index in [1.807, 2.05) is 61.2 Å². The predicted molar refractivity (Wildman–Crippen MR) is 122 cm³/mol. The molecule has 0 saturated carbocycles. The fourth-order valence-corrected chi connectivity index (χ4v) is 4.60. The fraction of sp³-hybridized carbons (Fsp3) is 0.200. The summed E-state index contributed by atoms with van der Waals surface area (Å²) >= 11 is 1.58. The van der Waals surface area contributed by atoms with Gasteiger partial charge in [-0.3, -0.25) is 9.69 Å². The van der Waals surface area contributed by atoms with E-state index in [1.54, 1.807) is 11.3 Å². The van der Waals surface area contributed by atoms with Crippen LogP contribution in [0.2, 0.25) is 0 Å². The molecule has 0 aliphatic heterocycles. The lowest BCUT2D eigenvalue weighted by molar-refractivity contribution is 0.0984. The molecular formula is C25H24N2OS. The largest absolute Gasteiger partial charge is 0.279 e. The first-order chi connectivity index (χ1) is 14.1. The van der Waals surface area contributed by atoms with Crippen LogP contribution >= 0.6 is 11.3 Å². The summed E-state index contributed by atoms with van der Waals surface area (Å²) in [6.45, 7) is 6.67. The van der Waals surface area contributed by atoms with E-state index < -0.39 is 0 Å². The zero-order chi connectivity index (χ0) is 20.4. The molecule has 0 unspecified atom stereocenters. The van der Waals surface area contributed by atoms with Crippen LogP contribution < -0.4 is 4.90 Å². The van der Waals surface area contributed by atoms with Crippen molar-refractivity contribution in [1.82, 2.24) is 4.98 Å². The van der Waals surface area contributed by atoms with Gasteiger partial charge in [0.15, 0.2) is 5.13 Å². The van der Waals surface area contributed by atoms with Crippen molar-refractivity contribution in [2.24, 2.45) is 0 Å². The van der Waals surface area contributed by atoms with Crippen molar-refractivity contribution in [1.29, 1.82) is 0 Å². The average molecular weight is 401 g/mol. The number of nitrogens with zero attached hydrogens (tertiary/aromatic N) is 2. The van der Waals surface area contributed by atoms with E-state index in [-0.39, 0.29) is 5.91 Å². The molecule has 0 atom stereocenters. The topological polar surface area (TPSA) is 33.2 Å². The Bertz CT molecular complexity index is 1160. The molecule has 0 radical (unpaired) electrons. The Kier molecular flexibility index (Phi) is 5.45. The van der Waals surface area contributed by atoms with Crippen LogP contribution in [0.3, 0.4) is 0 Å². The molecule has 0 aliphatic rings. The molecule has 4 heteroatoms. The number of para-hydroxylation sites is 1. The lowest BCUT2D eigenvalue weighted by Gasteiger charge is -2.21. The van der Waals surface area contributed by atoms with Gasteiger partial charge in [0.25, 0.3) is 5.91 Å². The van der Waals surface area contributed by atoms with Crippen molar-refractivity contribution in [2.45, 2.75) is 33.7 Å². The second-order valence-corrected chi connectivity index (χ2v) is 8.32. The molecule has 0 bridgehead atoms. The van der Waals surface area contributed by atoms with E-state index in [2.05, 4.69) is 31.2 Å². The van der Waals surface area contributed by atoms with Gasteiger partial charge in [0.05, 0.1) is 16.8 Å². The van der Waals surface area contributed by atoms with Gasteiger partial charge >= 0.3 is 0 Å². The lowest BCUT2D eigenvalue weighted by atomic mass is 10.0. The van der Waals surface area contributed by atoms with Crippen LogP contribution in [0, 0.1) is 13.8 Å². The maximum Gasteiger partial charge on any atom is 0.260 e. The summed E-state index contributed by atoms with van der Waals surface area (Å²) in [6.07, 6.45) is 0.921. The number of carbonyl (C=O) groups excluding carboxylic acids is 1. The number of benzene rings is 3. The molecule has 3 aromatic carbocycles. The van der Waals surface area contributed by atoms with Gasteiger partial charge in [0.2, 0.25) is 0 Å². The number of hydrogen-bond donors (Lipinski definition) is 0. The summed E-state index contributed by atoms with van der Waals surface area (Å²) in [5, 5.41) is 0.745. The zero-order valence-electron chi connectivity index (χ0n) is 17.0. The first kappa shape index (κ1) is 19.3. The van der Waals surface area contributed by atoms with Gasteiger partial charge in [0.1, 0.15) is 0 Å². The molecule has 0 saturated heterocycles. The molecule has 1 aromatic heterocycles. The highest BCUT2D eigenvalue weighted by atomic mass is 32.1. The van der Waals surface area contributed by atoms with Gasteiger partial charge in [-0.05, 0) is 49.1 Å². The Labute approximate surface area is 175 Å². The van der Waals surface area contributed by atoms with Crippen LogP contribution in [-0.4, -0.2) is 10.9 Å². The molecule has 1 heterocycles. The zero-order valence-corrected chi connectivity index (χ0v) is 17.8. The van der Waals surface area contributed by atoms with Gasteiger partial charge in [-0.15, -0.1) is 0 Å². The Morgan fingerprint density at radius 2 is 1.79 bits per heavy atom. The van der Waals surface area contributed by atoms with Crippen molar-refractivity contribution in [3.63, 3.8) is 0 Å². The Morgan fingerprint density at radius 3 is 2.52 bits per heavy atom. The summed E-state index contributed by atoms with van der Waals surface area (Å²) in [4.78, 5) is 20.3. The highest BCUT2D eigenvalue weighted by Crippen LogP contribution is 2.33. The minimum Gasteiger partial charge on any atom is -0.279 e. The van der Waals surface area contributed by atoms with E-state index in [0.717, 1.165) is 44.0 Å². The maximum absolute atomic E-state index is 13.6. The fourth-order valence-electron chi connectivity index (χ4n) is 3.59. The summed E-state index contributed by atoms with van der Waals surface area (Å²) in [7, 11) is 0. The highest BCUT2D eigenvalue weighted by molar-refractivity contribution is 7.22. The van der Waals surface area contributed by atoms with Crippen LogP contribution in [0.1, 0.15) is 39.5 Å². The van der Waals surface area contributed by atoms with Crippen molar-refractivity contribution in [3.05, 3.63) is 94.5 Å². The Hall–Kier alpha value is -2.98. The van der Waals surface area contributed by atoms with Crippen molar-refractivity contribution in [2.75, 3.05) is 4.90 Å². The summed E-state index contributed by atoms with van der Waals surface area (Å²) < 4.78 is 1.12. The number of fused-ring (bicyclic) bond motifs is 1. The van der Waals surface area contributed by atoms with E-state index >= 15 is 0 Å². The predicted octanol–water partition coefficient (Wildman–Crippen LogP) is 6.32. The summed E-state index contributed by atoms with van der Waals surface area (Å²) in [6, 6.07) is 22.3. The molecule has 4 rings (SSSR count). The number of hydrogen-bond acceptors (Lipinski definition) is 3. The number of amides is 1. The number of anilines is 1. The van der Waals surface area contributed by atoms with E-state index in [0.29, 0.717) is 6.54 Å². The molecule has 4 aromatic rings. The molecule has 0 aliphatic carbocycles. The number of carbonyl (C=O) groups is 1. The van der Waals surface area contributed by atoms with E-state index in [1.165, 1.54) is 5.56 Å². The molecule has 0 N–H and O–H groups in total. The highest BCUT2D eigenvalue weighted by Gasteiger charge is 2.23. The molecular weight excluding hydrogens is 376 g/mol. The number of aromatic nitrogens is 1. The average Bonchev–Trinajstić information content (AvgIpc) is 3.16. The number of rotatable bonds is 5. The normalized spacial score (nSPS) is 11.0. The van der Waals surface area contributed by atoms with Gasteiger partial charge in [0, 0.05) is 5.56 Å². The van der Waals surface area contributed by atoms with Crippen LogP contribution in [0.15, 0.2) is 66.7 Å². The van der Waals surface area contributed by atoms with Crippen LogP contribution in [0.5, 0.6) is 0 Å². The Morgan fingerprint density at radius 1 is 1.00 bits per heavy atom. The standard InChI is InChI=1S/C25H24N2OS/c1-4-20-11-8-12-22-23(20)26-25(29-22)27(16-19-9-6-5-7-10-19)24(28)21-14-13-17(2)15-18(21)3/h5-15H,4,16H2,1-3H3. The number of aryl methyl sites for hydroxylation is 3. The first-order valence-electron chi connectivity index (χ1n) is 9.88. The van der Waals surface area contributed by atoms with Crippen LogP contribution in [-0.2, 0) is 13.0 Å². The molecule has 0 spiro atoms. The van der Waals surface area contributed by atoms with Crippen molar-refractivity contribution >= 4 is 32.6 Å². The lowest BCUT2D eigenvalue weighted by Crippen LogP contribution is -2.31. The van der Waals surface area contributed by atoms with Crippen molar-refractivity contribution < 1.29 is 4.79 Å². The third-order valence-electron chi connectivity index (χ3n) is 5.14. The van der Waals surface area contributed by atoms with Gasteiger partial charge in [-0.1, -0.05) is 78.4 Å². The second-order valence-electron chi connectivity index (χ2n) is 7.31. The quantitative estimate of drug-likeness (QED) is 0.392. The SMILES string of the molecule is CCc1cccc2sc(N(Cc3ccccc3)C(=O)c3ccc(C)cc3C)nc12. The molecule has 0 fully saturated rings. The third kappa shape index (κ3) is 3.94. The van der Waals surface area contributed by atoms with Gasteiger partial charge < -0.3 is 0 Å². The number of thiazole rings is 1. The van der Waals surface area contributed by atoms with Crippen molar-refractivity contribution in [3.8, 4) is 0 Å². The summed E-state index contributed by atoms with van der Waals surface area (Å²) in [5.41, 5.74) is 6.16. The molecule has 29 heavy (non-hydrogen) atoms. The third-order valence-corrected chi connectivity index (χ3v) is 6.19. The first-order valence-corrected chi connectivity index (χ1v) is 10.7. The monoisotopic (exact) mass is 400 g/mol. The molecule has 146 valence electrons. The molecule has 1 amide bonds. The minimum atomic E-state index is -0.0107. The Balaban J connectivity index is 1.81. The second kappa shape index (κ2) is 8.18. The van der Waals surface area contributed by atoms with Crippen LogP contribution in [0.25, 0.3) is 10.2 Å². The van der Waals surface area contributed by atoms with E-state index in [4.69, 9.17) is 4.98 Å². The molecule has 3 nitrogen and oxygen atoms in total. The maximum atomic E-state index is 13.6. The van der Waals surface area contributed by atoms with Crippen LogP contribution in [0.4, 0.5) is 5.13 Å². The van der Waals surface area contributed by atoms with Gasteiger partial charge in [-0.25, -0.2) is 4.98 Å². The summed E-state index contributed by atoms with van der Waals surface area (Å²) in [5.74, 6) is -0.0107. The van der Waals surface area contributed by atoms with E-state index in [9.17, 15) is 4.79 Å².